The number of sulfone groups is 1. The van der Waals surface area contributed by atoms with Crippen molar-refractivity contribution in [2.45, 2.75) is 70.4 Å². The number of guanidine groups is 1. The molecule has 6 heteroatoms. The molecule has 3 rings (SSSR count). The molecular formula is C17H31N3O2S. The Morgan fingerprint density at radius 1 is 1.04 bits per heavy atom. The van der Waals surface area contributed by atoms with E-state index in [0.717, 1.165) is 18.3 Å². The summed E-state index contributed by atoms with van der Waals surface area (Å²) < 4.78 is 23.2. The zero-order valence-corrected chi connectivity index (χ0v) is 15.1. The maximum atomic E-state index is 11.6. The summed E-state index contributed by atoms with van der Waals surface area (Å²) in [5.74, 6) is 2.56. The Hall–Kier alpha value is -0.780. The van der Waals surface area contributed by atoms with Gasteiger partial charge in [0.2, 0.25) is 0 Å². The lowest BCUT2D eigenvalue weighted by Gasteiger charge is -2.21. The fourth-order valence-corrected chi connectivity index (χ4v) is 6.01. The van der Waals surface area contributed by atoms with Crippen molar-refractivity contribution >= 4 is 15.8 Å². The van der Waals surface area contributed by atoms with E-state index in [0.29, 0.717) is 30.1 Å². The molecule has 0 radical (unpaired) electrons. The minimum atomic E-state index is -2.81. The van der Waals surface area contributed by atoms with Crippen LogP contribution < -0.4 is 10.6 Å². The fourth-order valence-electron chi connectivity index (χ4n) is 4.16. The van der Waals surface area contributed by atoms with Crippen molar-refractivity contribution in [3.8, 4) is 0 Å². The second-order valence-corrected chi connectivity index (χ2v) is 10.1. The van der Waals surface area contributed by atoms with Gasteiger partial charge in [-0.05, 0) is 50.4 Å². The zero-order valence-electron chi connectivity index (χ0n) is 14.3. The van der Waals surface area contributed by atoms with Crippen molar-refractivity contribution in [3.63, 3.8) is 0 Å². The average molecular weight is 342 g/mol. The lowest BCUT2D eigenvalue weighted by atomic mass is 10.1. The smallest absolute Gasteiger partial charge is 0.191 e. The van der Waals surface area contributed by atoms with E-state index >= 15 is 0 Å². The normalized spacial score (nSPS) is 34.8. The molecule has 0 aromatic carbocycles. The first-order valence-corrected chi connectivity index (χ1v) is 11.1. The van der Waals surface area contributed by atoms with Crippen LogP contribution in [0.1, 0.15) is 58.3 Å². The van der Waals surface area contributed by atoms with Gasteiger partial charge in [0.1, 0.15) is 0 Å². The molecule has 3 aliphatic rings. The van der Waals surface area contributed by atoms with Crippen molar-refractivity contribution in [2.75, 3.05) is 18.1 Å². The minimum absolute atomic E-state index is 0.199. The van der Waals surface area contributed by atoms with Crippen molar-refractivity contribution in [1.29, 1.82) is 0 Å². The topological polar surface area (TPSA) is 70.6 Å². The molecule has 2 aliphatic carbocycles. The summed E-state index contributed by atoms with van der Waals surface area (Å²) in [5.41, 5.74) is 0. The maximum absolute atomic E-state index is 11.6. The van der Waals surface area contributed by atoms with Gasteiger partial charge >= 0.3 is 0 Å². The standard InChI is InChI=1S/C17H31N3O2S/c1-13-6-7-16(10-13)20-17(19-15-4-2-3-5-15)18-11-14-8-9-23(21,22)12-14/h13-16H,2-12H2,1H3,(H2,18,19,20). The average Bonchev–Trinajstić information content (AvgIpc) is 3.19. The van der Waals surface area contributed by atoms with Gasteiger partial charge in [-0.25, -0.2) is 8.42 Å². The Labute approximate surface area is 140 Å². The number of nitrogens with zero attached hydrogens (tertiary/aromatic N) is 1. The monoisotopic (exact) mass is 341 g/mol. The first kappa shape index (κ1) is 17.1. The predicted octanol–water partition coefficient (Wildman–Crippen LogP) is 2.09. The van der Waals surface area contributed by atoms with E-state index in [1.54, 1.807) is 0 Å². The van der Waals surface area contributed by atoms with Crippen LogP contribution in [0.25, 0.3) is 0 Å². The molecule has 3 atom stereocenters. The van der Waals surface area contributed by atoms with Crippen molar-refractivity contribution in [3.05, 3.63) is 0 Å². The first-order valence-electron chi connectivity index (χ1n) is 9.28. The quantitative estimate of drug-likeness (QED) is 0.607. The summed E-state index contributed by atoms with van der Waals surface area (Å²) in [6.07, 6.45) is 9.52. The third-order valence-corrected chi connectivity index (χ3v) is 7.40. The molecule has 3 fully saturated rings. The lowest BCUT2D eigenvalue weighted by molar-refractivity contribution is 0.541. The van der Waals surface area contributed by atoms with E-state index < -0.39 is 9.84 Å². The second kappa shape index (κ2) is 7.41. The van der Waals surface area contributed by atoms with Gasteiger partial charge in [-0.3, -0.25) is 4.99 Å². The number of rotatable bonds is 4. The molecular weight excluding hydrogens is 310 g/mol. The number of hydrogen-bond donors (Lipinski definition) is 2. The van der Waals surface area contributed by atoms with E-state index in [1.807, 2.05) is 0 Å². The van der Waals surface area contributed by atoms with Crippen LogP contribution in [0.3, 0.4) is 0 Å². The highest BCUT2D eigenvalue weighted by Crippen LogP contribution is 2.25. The van der Waals surface area contributed by atoms with E-state index in [2.05, 4.69) is 17.6 Å². The van der Waals surface area contributed by atoms with Crippen LogP contribution in [0.4, 0.5) is 0 Å². The molecule has 0 spiro atoms. The summed E-state index contributed by atoms with van der Waals surface area (Å²) in [7, 11) is -2.81. The molecule has 1 heterocycles. The van der Waals surface area contributed by atoms with E-state index in [4.69, 9.17) is 4.99 Å². The summed E-state index contributed by atoms with van der Waals surface area (Å²) in [5, 5.41) is 7.20. The van der Waals surface area contributed by atoms with Gasteiger partial charge in [0.25, 0.3) is 0 Å². The van der Waals surface area contributed by atoms with Crippen molar-refractivity contribution < 1.29 is 8.42 Å². The van der Waals surface area contributed by atoms with Gasteiger partial charge in [-0.1, -0.05) is 19.8 Å². The van der Waals surface area contributed by atoms with Crippen LogP contribution in [0.2, 0.25) is 0 Å². The molecule has 1 aliphatic heterocycles. The Morgan fingerprint density at radius 2 is 1.78 bits per heavy atom. The van der Waals surface area contributed by atoms with Gasteiger partial charge in [0, 0.05) is 18.6 Å². The highest BCUT2D eigenvalue weighted by molar-refractivity contribution is 7.91. The van der Waals surface area contributed by atoms with Gasteiger partial charge in [-0.15, -0.1) is 0 Å². The van der Waals surface area contributed by atoms with Gasteiger partial charge in [0.05, 0.1) is 11.5 Å². The summed E-state index contributed by atoms with van der Waals surface area (Å²) >= 11 is 0. The first-order chi connectivity index (χ1) is 11.0. The predicted molar refractivity (Wildman–Crippen MR) is 94.4 cm³/mol. The zero-order chi connectivity index (χ0) is 16.3. The molecule has 132 valence electrons. The van der Waals surface area contributed by atoms with E-state index in [9.17, 15) is 8.42 Å². The highest BCUT2D eigenvalue weighted by Gasteiger charge is 2.28. The molecule has 0 aromatic rings. The Morgan fingerprint density at radius 3 is 2.39 bits per heavy atom. The fraction of sp³-hybridized carbons (Fsp3) is 0.941. The molecule has 5 nitrogen and oxygen atoms in total. The van der Waals surface area contributed by atoms with Crippen LogP contribution in [0.5, 0.6) is 0 Å². The third kappa shape index (κ3) is 5.10. The van der Waals surface area contributed by atoms with Crippen molar-refractivity contribution in [2.24, 2.45) is 16.8 Å². The summed E-state index contributed by atoms with van der Waals surface area (Å²) in [4.78, 5) is 4.75. The summed E-state index contributed by atoms with van der Waals surface area (Å²) in [6, 6.07) is 1.05. The third-order valence-electron chi connectivity index (χ3n) is 5.57. The van der Waals surface area contributed by atoms with Crippen LogP contribution >= 0.6 is 0 Å². The molecule has 0 bridgehead atoms. The molecule has 0 aromatic heterocycles. The van der Waals surface area contributed by atoms with Crippen molar-refractivity contribution in [1.82, 2.24) is 10.6 Å². The van der Waals surface area contributed by atoms with Crippen LogP contribution in [-0.2, 0) is 9.84 Å². The molecule has 2 N–H and O–H groups in total. The van der Waals surface area contributed by atoms with Crippen LogP contribution in [0, 0.1) is 11.8 Å². The van der Waals surface area contributed by atoms with E-state index in [-0.39, 0.29) is 5.92 Å². The van der Waals surface area contributed by atoms with Gasteiger partial charge in [0.15, 0.2) is 15.8 Å². The number of hydrogen-bond acceptors (Lipinski definition) is 3. The molecule has 23 heavy (non-hydrogen) atoms. The summed E-state index contributed by atoms with van der Waals surface area (Å²) in [6.45, 7) is 2.94. The van der Waals surface area contributed by atoms with Crippen LogP contribution in [-0.4, -0.2) is 44.5 Å². The Bertz CT molecular complexity index is 526. The Kier molecular flexibility index (Phi) is 5.49. The van der Waals surface area contributed by atoms with Gasteiger partial charge < -0.3 is 10.6 Å². The SMILES string of the molecule is CC1CCC(NC(=NCC2CCS(=O)(=O)C2)NC2CCCC2)C1. The molecule has 0 amide bonds. The van der Waals surface area contributed by atoms with Gasteiger partial charge in [-0.2, -0.15) is 0 Å². The molecule has 1 saturated heterocycles. The Balaban J connectivity index is 1.57. The highest BCUT2D eigenvalue weighted by atomic mass is 32.2. The minimum Gasteiger partial charge on any atom is -0.354 e. The number of aliphatic imine (C=N–C) groups is 1. The largest absolute Gasteiger partial charge is 0.354 e. The molecule has 3 unspecified atom stereocenters. The molecule has 2 saturated carbocycles. The second-order valence-electron chi connectivity index (χ2n) is 7.84. The van der Waals surface area contributed by atoms with E-state index in [1.165, 1.54) is 44.9 Å². The maximum Gasteiger partial charge on any atom is 0.191 e. The number of nitrogens with one attached hydrogen (secondary N) is 2. The lowest BCUT2D eigenvalue weighted by Crippen LogP contribution is -2.46. The van der Waals surface area contributed by atoms with Crippen LogP contribution in [0.15, 0.2) is 4.99 Å².